The summed E-state index contributed by atoms with van der Waals surface area (Å²) in [7, 11) is 0. The fourth-order valence-corrected chi connectivity index (χ4v) is 4.47. The first-order valence-corrected chi connectivity index (χ1v) is 11.6. The molecule has 1 atom stereocenters. The van der Waals surface area contributed by atoms with Crippen molar-refractivity contribution >= 4 is 46.9 Å². The Balaban J connectivity index is 1.73. The topological polar surface area (TPSA) is 69.0 Å². The largest absolute Gasteiger partial charge is 0.463 e. The number of hydrogen-bond acceptors (Lipinski definition) is 6. The van der Waals surface area contributed by atoms with Gasteiger partial charge in [0.25, 0.3) is 0 Å². The molecule has 1 aliphatic rings. The number of fused-ring (bicyclic) bond motifs is 1. The van der Waals surface area contributed by atoms with Crippen LogP contribution in [0.25, 0.3) is 0 Å². The number of thioether (sulfide) groups is 1. The number of alkyl halides is 1. The molecule has 160 valence electrons. The van der Waals surface area contributed by atoms with Gasteiger partial charge in [-0.15, -0.1) is 16.7 Å². The van der Waals surface area contributed by atoms with Gasteiger partial charge in [-0.2, -0.15) is 4.98 Å². The first-order chi connectivity index (χ1) is 15.1. The van der Waals surface area contributed by atoms with Crippen molar-refractivity contribution in [3.63, 3.8) is 0 Å². The van der Waals surface area contributed by atoms with Crippen molar-refractivity contribution in [1.29, 1.82) is 0 Å². The van der Waals surface area contributed by atoms with E-state index in [0.29, 0.717) is 27.4 Å². The van der Waals surface area contributed by atoms with Gasteiger partial charge in [0.15, 0.2) is 0 Å². The Hall–Kier alpha value is -2.48. The molecule has 1 aromatic heterocycles. The normalized spacial score (nSPS) is 15.4. The lowest BCUT2D eigenvalue weighted by molar-refractivity contribution is -0.139. The summed E-state index contributed by atoms with van der Waals surface area (Å²) in [6, 6.07) is 16.9. The summed E-state index contributed by atoms with van der Waals surface area (Å²) in [6.07, 6.45) is 0. The number of nitrogens with zero attached hydrogens (tertiary/aromatic N) is 3. The van der Waals surface area contributed by atoms with Crippen LogP contribution in [0.1, 0.15) is 24.1 Å². The smallest absolute Gasteiger partial charge is 0.338 e. The Kier molecular flexibility index (Phi) is 6.85. The van der Waals surface area contributed by atoms with Gasteiger partial charge < -0.3 is 10.1 Å². The minimum atomic E-state index is -0.528. The van der Waals surface area contributed by atoms with E-state index in [0.717, 1.165) is 11.3 Å². The van der Waals surface area contributed by atoms with E-state index in [1.165, 1.54) is 17.3 Å². The molecule has 0 amide bonds. The maximum atomic E-state index is 12.9. The minimum Gasteiger partial charge on any atom is -0.463 e. The Bertz CT molecular complexity index is 1100. The number of aromatic nitrogens is 3. The molecule has 31 heavy (non-hydrogen) atoms. The zero-order chi connectivity index (χ0) is 21.8. The predicted octanol–water partition coefficient (Wildman–Crippen LogP) is 5.29. The van der Waals surface area contributed by atoms with Crippen molar-refractivity contribution in [2.45, 2.75) is 23.9 Å². The molecule has 0 aliphatic carbocycles. The van der Waals surface area contributed by atoms with E-state index in [4.69, 9.17) is 33.0 Å². The standard InChI is InChI=1S/C22H20Cl2N4O2S/c1-2-30-20(29)18-17(12-23)25-21-26-22(31-13-14-6-4-3-5-7-14)27-28(21)19(18)15-8-10-16(24)11-9-15/h3-11,19H,2,12-13H2,1H3,(H,25,26,27). The highest BCUT2D eigenvalue weighted by Gasteiger charge is 2.36. The van der Waals surface area contributed by atoms with Crippen LogP contribution in [0.4, 0.5) is 5.95 Å². The van der Waals surface area contributed by atoms with Gasteiger partial charge in [-0.25, -0.2) is 9.48 Å². The number of nitrogens with one attached hydrogen (secondary N) is 1. The van der Waals surface area contributed by atoms with Crippen molar-refractivity contribution in [1.82, 2.24) is 14.8 Å². The number of ether oxygens (including phenoxy) is 1. The molecule has 2 heterocycles. The van der Waals surface area contributed by atoms with Gasteiger partial charge >= 0.3 is 5.97 Å². The van der Waals surface area contributed by atoms with Gasteiger partial charge in [-0.3, -0.25) is 0 Å². The lowest BCUT2D eigenvalue weighted by Gasteiger charge is -2.28. The lowest BCUT2D eigenvalue weighted by Crippen LogP contribution is -2.31. The predicted molar refractivity (Wildman–Crippen MR) is 124 cm³/mol. The maximum absolute atomic E-state index is 12.9. The molecule has 0 saturated carbocycles. The molecule has 0 radical (unpaired) electrons. The second-order valence-corrected chi connectivity index (χ2v) is 8.41. The van der Waals surface area contributed by atoms with E-state index in [1.54, 1.807) is 23.7 Å². The zero-order valence-electron chi connectivity index (χ0n) is 16.7. The Labute approximate surface area is 194 Å². The molecular formula is C22H20Cl2N4O2S. The molecule has 1 N–H and O–H groups in total. The van der Waals surface area contributed by atoms with E-state index in [2.05, 4.69) is 22.4 Å². The average molecular weight is 475 g/mol. The van der Waals surface area contributed by atoms with Crippen LogP contribution in [-0.4, -0.2) is 33.2 Å². The second-order valence-electron chi connectivity index (χ2n) is 6.76. The Morgan fingerprint density at radius 3 is 2.61 bits per heavy atom. The molecule has 6 nitrogen and oxygen atoms in total. The number of carbonyl (C=O) groups excluding carboxylic acids is 1. The molecule has 4 rings (SSSR count). The fraction of sp³-hybridized carbons (Fsp3) is 0.227. The van der Waals surface area contributed by atoms with Crippen LogP contribution in [0, 0.1) is 0 Å². The van der Waals surface area contributed by atoms with Crippen molar-refractivity contribution in [2.24, 2.45) is 0 Å². The average Bonchev–Trinajstić information content (AvgIpc) is 3.20. The van der Waals surface area contributed by atoms with Crippen LogP contribution in [-0.2, 0) is 15.3 Å². The van der Waals surface area contributed by atoms with Crippen molar-refractivity contribution in [3.05, 3.63) is 82.0 Å². The molecule has 1 aliphatic heterocycles. The number of esters is 1. The van der Waals surface area contributed by atoms with Crippen LogP contribution in [0.3, 0.4) is 0 Å². The fourth-order valence-electron chi connectivity index (χ4n) is 3.34. The lowest BCUT2D eigenvalue weighted by atomic mass is 9.96. The van der Waals surface area contributed by atoms with E-state index in [-0.39, 0.29) is 12.5 Å². The Morgan fingerprint density at radius 1 is 1.19 bits per heavy atom. The van der Waals surface area contributed by atoms with E-state index in [9.17, 15) is 4.79 Å². The molecule has 0 fully saturated rings. The minimum absolute atomic E-state index is 0.109. The number of rotatable bonds is 7. The van der Waals surface area contributed by atoms with Gasteiger partial charge in [0.05, 0.1) is 18.1 Å². The molecule has 0 bridgehead atoms. The van der Waals surface area contributed by atoms with Crippen molar-refractivity contribution in [3.8, 4) is 0 Å². The summed E-state index contributed by atoms with van der Waals surface area (Å²) in [4.78, 5) is 17.5. The highest BCUT2D eigenvalue weighted by molar-refractivity contribution is 7.98. The third-order valence-electron chi connectivity index (χ3n) is 4.74. The summed E-state index contributed by atoms with van der Waals surface area (Å²) in [5.74, 6) is 0.929. The molecule has 0 spiro atoms. The molecule has 9 heteroatoms. The van der Waals surface area contributed by atoms with Gasteiger partial charge in [-0.1, -0.05) is 65.8 Å². The first-order valence-electron chi connectivity index (χ1n) is 9.72. The number of anilines is 1. The van der Waals surface area contributed by atoms with E-state index < -0.39 is 12.0 Å². The summed E-state index contributed by atoms with van der Waals surface area (Å²) < 4.78 is 7.04. The van der Waals surface area contributed by atoms with Crippen LogP contribution < -0.4 is 5.32 Å². The van der Waals surface area contributed by atoms with Gasteiger partial charge in [0.2, 0.25) is 11.1 Å². The number of halogens is 2. The van der Waals surface area contributed by atoms with Crippen molar-refractivity contribution in [2.75, 3.05) is 17.8 Å². The summed E-state index contributed by atoms with van der Waals surface area (Å²) in [5.41, 5.74) is 2.98. The SMILES string of the molecule is CCOC(=O)C1=C(CCl)Nc2nc(SCc3ccccc3)nn2C1c1ccc(Cl)cc1. The third kappa shape index (κ3) is 4.74. The van der Waals surface area contributed by atoms with Gasteiger partial charge in [0.1, 0.15) is 6.04 Å². The highest BCUT2D eigenvalue weighted by atomic mass is 35.5. The molecule has 2 aromatic carbocycles. The third-order valence-corrected chi connectivity index (χ3v) is 6.17. The molecule has 0 saturated heterocycles. The Morgan fingerprint density at radius 2 is 1.94 bits per heavy atom. The van der Waals surface area contributed by atoms with Crippen LogP contribution in [0.5, 0.6) is 0 Å². The molecular weight excluding hydrogens is 455 g/mol. The summed E-state index contributed by atoms with van der Waals surface area (Å²) in [6.45, 7) is 2.03. The summed E-state index contributed by atoms with van der Waals surface area (Å²) in [5, 5.41) is 9.07. The number of carbonyl (C=O) groups is 1. The summed E-state index contributed by atoms with van der Waals surface area (Å²) >= 11 is 13.8. The monoisotopic (exact) mass is 474 g/mol. The zero-order valence-corrected chi connectivity index (χ0v) is 19.0. The highest BCUT2D eigenvalue weighted by Crippen LogP contribution is 2.37. The molecule has 3 aromatic rings. The first kappa shape index (κ1) is 21.7. The number of hydrogen-bond donors (Lipinski definition) is 1. The van der Waals surface area contributed by atoms with E-state index in [1.807, 2.05) is 30.3 Å². The van der Waals surface area contributed by atoms with Crippen LogP contribution in [0.2, 0.25) is 5.02 Å². The second kappa shape index (κ2) is 9.77. The quantitative estimate of drug-likeness (QED) is 0.284. The van der Waals surface area contributed by atoms with E-state index >= 15 is 0 Å². The number of allylic oxidation sites excluding steroid dienone is 1. The van der Waals surface area contributed by atoms with Crippen LogP contribution in [0.15, 0.2) is 71.0 Å². The molecule has 1 unspecified atom stereocenters. The van der Waals surface area contributed by atoms with Crippen molar-refractivity contribution < 1.29 is 9.53 Å². The van der Waals surface area contributed by atoms with Gasteiger partial charge in [0, 0.05) is 16.5 Å². The van der Waals surface area contributed by atoms with Crippen LogP contribution >= 0.6 is 35.0 Å². The number of benzene rings is 2. The van der Waals surface area contributed by atoms with Gasteiger partial charge in [-0.05, 0) is 30.2 Å². The maximum Gasteiger partial charge on any atom is 0.338 e.